The van der Waals surface area contributed by atoms with Crippen LogP contribution < -0.4 is 9.80 Å². The molecule has 4 rings (SSSR count). The first-order chi connectivity index (χ1) is 14.3. The van der Waals surface area contributed by atoms with Gasteiger partial charge in [-0.25, -0.2) is 22.2 Å². The van der Waals surface area contributed by atoms with Crippen molar-refractivity contribution in [3.05, 3.63) is 41.6 Å². The lowest BCUT2D eigenvalue weighted by Gasteiger charge is -2.35. The minimum absolute atomic E-state index is 0.191. The first-order valence-electron chi connectivity index (χ1n) is 9.72. The van der Waals surface area contributed by atoms with E-state index in [1.165, 1.54) is 4.31 Å². The lowest BCUT2D eigenvalue weighted by atomic mass is 10.3. The maximum absolute atomic E-state index is 13.5. The van der Waals surface area contributed by atoms with Crippen LogP contribution in [0.25, 0.3) is 0 Å². The first kappa shape index (κ1) is 20.9. The highest BCUT2D eigenvalue weighted by molar-refractivity contribution is 7.89. The van der Waals surface area contributed by atoms with E-state index in [0.717, 1.165) is 36.7 Å². The second-order valence-corrected chi connectivity index (χ2v) is 9.20. The summed E-state index contributed by atoms with van der Waals surface area (Å²) >= 11 is 0. The van der Waals surface area contributed by atoms with E-state index >= 15 is 0 Å². The number of morpholine rings is 1. The summed E-state index contributed by atoms with van der Waals surface area (Å²) in [7, 11) is -3.97. The van der Waals surface area contributed by atoms with Crippen LogP contribution >= 0.6 is 0 Å². The third-order valence-corrected chi connectivity index (χ3v) is 7.04. The predicted octanol–water partition coefficient (Wildman–Crippen LogP) is 1.41. The molecule has 0 atom stereocenters. The van der Waals surface area contributed by atoms with Gasteiger partial charge in [-0.3, -0.25) is 0 Å². The Hall–Kier alpha value is -2.37. The largest absolute Gasteiger partial charge is 0.378 e. The molecule has 2 aliphatic rings. The van der Waals surface area contributed by atoms with E-state index < -0.39 is 21.7 Å². The van der Waals surface area contributed by atoms with Crippen molar-refractivity contribution in [1.82, 2.24) is 14.3 Å². The maximum Gasteiger partial charge on any atom is 0.243 e. The van der Waals surface area contributed by atoms with Gasteiger partial charge in [0.2, 0.25) is 16.0 Å². The van der Waals surface area contributed by atoms with Crippen LogP contribution in [-0.4, -0.2) is 75.2 Å². The Bertz CT molecular complexity index is 1000. The van der Waals surface area contributed by atoms with Crippen LogP contribution in [0, 0.1) is 18.6 Å². The number of sulfonamides is 1. The van der Waals surface area contributed by atoms with E-state index in [0.29, 0.717) is 38.3 Å². The van der Waals surface area contributed by atoms with Gasteiger partial charge >= 0.3 is 0 Å². The summed E-state index contributed by atoms with van der Waals surface area (Å²) in [6, 6.07) is 4.21. The molecular weight excluding hydrogens is 416 g/mol. The molecule has 0 unspecified atom stereocenters. The number of piperazine rings is 1. The number of halogens is 2. The molecule has 2 aliphatic heterocycles. The van der Waals surface area contributed by atoms with Gasteiger partial charge in [0.15, 0.2) is 0 Å². The molecule has 0 saturated carbocycles. The SMILES string of the molecule is Cc1cc(N2CCN(S(=O)(=O)c3cc(F)cc(F)c3)CC2)nc(N2CCOCC2)n1. The average Bonchev–Trinajstić information content (AvgIpc) is 2.73. The Morgan fingerprint density at radius 3 is 2.13 bits per heavy atom. The quantitative estimate of drug-likeness (QED) is 0.713. The predicted molar refractivity (Wildman–Crippen MR) is 107 cm³/mol. The first-order valence-corrected chi connectivity index (χ1v) is 11.2. The van der Waals surface area contributed by atoms with Crippen LogP contribution in [0.5, 0.6) is 0 Å². The Labute approximate surface area is 174 Å². The van der Waals surface area contributed by atoms with Gasteiger partial charge in [-0.05, 0) is 19.1 Å². The lowest BCUT2D eigenvalue weighted by molar-refractivity contribution is 0.122. The molecule has 0 bridgehead atoms. The van der Waals surface area contributed by atoms with Gasteiger partial charge in [0.05, 0.1) is 18.1 Å². The van der Waals surface area contributed by atoms with E-state index in [2.05, 4.69) is 14.9 Å². The van der Waals surface area contributed by atoms with Crippen LogP contribution in [0.1, 0.15) is 5.69 Å². The summed E-state index contributed by atoms with van der Waals surface area (Å²) in [5, 5.41) is 0. The summed E-state index contributed by atoms with van der Waals surface area (Å²) in [6.07, 6.45) is 0. The van der Waals surface area contributed by atoms with E-state index in [1.807, 2.05) is 17.9 Å². The minimum Gasteiger partial charge on any atom is -0.378 e. The van der Waals surface area contributed by atoms with Crippen LogP contribution in [0.3, 0.4) is 0 Å². The minimum atomic E-state index is -3.97. The highest BCUT2D eigenvalue weighted by Gasteiger charge is 2.30. The monoisotopic (exact) mass is 439 g/mol. The zero-order valence-electron chi connectivity index (χ0n) is 16.6. The Morgan fingerprint density at radius 2 is 1.50 bits per heavy atom. The number of aromatic nitrogens is 2. The number of hydrogen-bond donors (Lipinski definition) is 0. The van der Waals surface area contributed by atoms with Gasteiger partial charge in [-0.15, -0.1) is 0 Å². The number of nitrogens with zero attached hydrogens (tertiary/aromatic N) is 5. The van der Waals surface area contributed by atoms with E-state index in [4.69, 9.17) is 4.74 Å². The molecule has 2 fully saturated rings. The fourth-order valence-corrected chi connectivity index (χ4v) is 5.05. The fourth-order valence-electron chi connectivity index (χ4n) is 3.59. The van der Waals surface area contributed by atoms with E-state index in [-0.39, 0.29) is 18.0 Å². The summed E-state index contributed by atoms with van der Waals surface area (Å²) in [5.74, 6) is -0.463. The number of benzene rings is 1. The highest BCUT2D eigenvalue weighted by Crippen LogP contribution is 2.23. The summed E-state index contributed by atoms with van der Waals surface area (Å²) in [5.41, 5.74) is 0.826. The molecule has 162 valence electrons. The molecule has 30 heavy (non-hydrogen) atoms. The van der Waals surface area contributed by atoms with Gasteiger partial charge in [0.1, 0.15) is 17.5 Å². The molecular formula is C19H23F2N5O3S. The van der Waals surface area contributed by atoms with Gasteiger partial charge in [0.25, 0.3) is 0 Å². The second-order valence-electron chi connectivity index (χ2n) is 7.26. The van der Waals surface area contributed by atoms with Crippen molar-refractivity contribution in [2.24, 2.45) is 0 Å². The molecule has 0 amide bonds. The normalized spacial score (nSPS) is 18.6. The molecule has 2 saturated heterocycles. The van der Waals surface area contributed by atoms with Crippen molar-refractivity contribution < 1.29 is 21.9 Å². The summed E-state index contributed by atoms with van der Waals surface area (Å²) in [4.78, 5) is 12.9. The fraction of sp³-hybridized carbons (Fsp3) is 0.474. The van der Waals surface area contributed by atoms with E-state index in [9.17, 15) is 17.2 Å². The maximum atomic E-state index is 13.5. The number of aryl methyl sites for hydroxylation is 1. The molecule has 0 N–H and O–H groups in total. The topological polar surface area (TPSA) is 78.9 Å². The number of anilines is 2. The summed E-state index contributed by atoms with van der Waals surface area (Å²) < 4.78 is 59.1. The smallest absolute Gasteiger partial charge is 0.243 e. The van der Waals surface area contributed by atoms with Gasteiger partial charge in [-0.1, -0.05) is 0 Å². The number of ether oxygens (including phenoxy) is 1. The molecule has 3 heterocycles. The molecule has 1 aromatic carbocycles. The van der Waals surface area contributed by atoms with Crippen LogP contribution in [-0.2, 0) is 14.8 Å². The molecule has 8 nitrogen and oxygen atoms in total. The molecule has 2 aromatic rings. The van der Waals surface area contributed by atoms with Crippen molar-refractivity contribution in [1.29, 1.82) is 0 Å². The molecule has 0 aliphatic carbocycles. The third kappa shape index (κ3) is 4.37. The van der Waals surface area contributed by atoms with Crippen molar-refractivity contribution in [3.8, 4) is 0 Å². The van der Waals surface area contributed by atoms with Crippen molar-refractivity contribution in [3.63, 3.8) is 0 Å². The second kappa shape index (κ2) is 8.40. The molecule has 11 heteroatoms. The number of rotatable bonds is 4. The van der Waals surface area contributed by atoms with Crippen LogP contribution in [0.2, 0.25) is 0 Å². The third-order valence-electron chi connectivity index (χ3n) is 5.16. The van der Waals surface area contributed by atoms with Gasteiger partial charge < -0.3 is 14.5 Å². The molecule has 1 aromatic heterocycles. The van der Waals surface area contributed by atoms with Crippen molar-refractivity contribution in [2.75, 3.05) is 62.3 Å². The summed E-state index contributed by atoms with van der Waals surface area (Å²) in [6.45, 7) is 5.80. The van der Waals surface area contributed by atoms with Crippen LogP contribution in [0.15, 0.2) is 29.2 Å². The Balaban J connectivity index is 1.48. The molecule has 0 radical (unpaired) electrons. The standard InChI is InChI=1S/C19H23F2N5O3S/c1-14-10-18(23-19(22-14)25-6-8-29-9-7-25)24-2-4-26(5-3-24)30(27,28)17-12-15(20)11-16(21)13-17/h10-13H,2-9H2,1H3. The van der Waals surface area contributed by atoms with Crippen LogP contribution in [0.4, 0.5) is 20.5 Å². The van der Waals surface area contributed by atoms with Crippen molar-refractivity contribution in [2.45, 2.75) is 11.8 Å². The van der Waals surface area contributed by atoms with Gasteiger partial charge in [-0.2, -0.15) is 9.29 Å². The Kier molecular flexibility index (Phi) is 5.85. The zero-order valence-corrected chi connectivity index (χ0v) is 17.4. The Morgan fingerprint density at radius 1 is 0.867 bits per heavy atom. The van der Waals surface area contributed by atoms with Gasteiger partial charge in [0, 0.05) is 57.1 Å². The number of hydrogen-bond acceptors (Lipinski definition) is 7. The zero-order chi connectivity index (χ0) is 21.3. The highest BCUT2D eigenvalue weighted by atomic mass is 32.2. The average molecular weight is 439 g/mol. The van der Waals surface area contributed by atoms with Crippen molar-refractivity contribution >= 4 is 21.8 Å². The lowest BCUT2D eigenvalue weighted by Crippen LogP contribution is -2.49. The molecule has 0 spiro atoms. The van der Waals surface area contributed by atoms with E-state index in [1.54, 1.807) is 0 Å².